The van der Waals surface area contributed by atoms with Crippen LogP contribution in [0.4, 0.5) is 11.4 Å². The van der Waals surface area contributed by atoms with E-state index in [0.717, 1.165) is 22.8 Å². The van der Waals surface area contributed by atoms with Crippen molar-refractivity contribution in [1.82, 2.24) is 4.98 Å². The third kappa shape index (κ3) is 6.24. The molecule has 1 atom stereocenters. The molecule has 0 radical (unpaired) electrons. The van der Waals surface area contributed by atoms with Gasteiger partial charge in [0, 0.05) is 23.6 Å². The van der Waals surface area contributed by atoms with Crippen LogP contribution in [0.15, 0.2) is 72.9 Å². The van der Waals surface area contributed by atoms with Crippen molar-refractivity contribution in [2.45, 2.75) is 26.5 Å². The zero-order valence-corrected chi connectivity index (χ0v) is 16.6. The number of ether oxygens (including phenoxy) is 2. The number of benzene rings is 2. The van der Waals surface area contributed by atoms with Crippen molar-refractivity contribution in [2.75, 3.05) is 17.2 Å². The predicted octanol–water partition coefficient (Wildman–Crippen LogP) is 4.50. The maximum absolute atomic E-state index is 12.5. The van der Waals surface area contributed by atoms with Gasteiger partial charge in [-0.05, 0) is 62.4 Å². The van der Waals surface area contributed by atoms with Crippen molar-refractivity contribution in [3.63, 3.8) is 0 Å². The number of hydrogen-bond acceptors (Lipinski definition) is 5. The lowest BCUT2D eigenvalue weighted by molar-refractivity contribution is -0.116. The Hall–Kier alpha value is -3.54. The first kappa shape index (κ1) is 20.2. The number of nitrogens with one attached hydrogen (secondary N) is 2. The lowest BCUT2D eigenvalue weighted by Gasteiger charge is -2.16. The van der Waals surface area contributed by atoms with E-state index in [1.54, 1.807) is 6.20 Å². The van der Waals surface area contributed by atoms with E-state index in [0.29, 0.717) is 19.0 Å². The molecule has 1 unspecified atom stereocenters. The number of pyridine rings is 1. The number of nitrogens with zero attached hydrogens (tertiary/aromatic N) is 1. The Bertz CT molecular complexity index is 914. The third-order valence-corrected chi connectivity index (χ3v) is 4.16. The summed E-state index contributed by atoms with van der Waals surface area (Å²) in [6.07, 6.45) is 1.74. The highest BCUT2D eigenvalue weighted by Gasteiger charge is 2.13. The zero-order valence-electron chi connectivity index (χ0n) is 16.6. The fourth-order valence-electron chi connectivity index (χ4n) is 2.68. The number of carbonyl (C=O) groups is 1. The lowest BCUT2D eigenvalue weighted by Crippen LogP contribution is -2.31. The largest absolute Gasteiger partial charge is 0.494 e. The fraction of sp³-hybridized carbons (Fsp3) is 0.217. The molecule has 1 heterocycles. The molecule has 150 valence electrons. The van der Waals surface area contributed by atoms with Crippen LogP contribution < -0.4 is 20.1 Å². The van der Waals surface area contributed by atoms with Gasteiger partial charge in [0.05, 0.1) is 12.3 Å². The Morgan fingerprint density at radius 3 is 2.52 bits per heavy atom. The van der Waals surface area contributed by atoms with Gasteiger partial charge in [-0.25, -0.2) is 0 Å². The second-order valence-corrected chi connectivity index (χ2v) is 6.45. The number of carbonyl (C=O) groups excluding carboxylic acids is 1. The number of anilines is 2. The SMILES string of the molecule is CCOc1ccc(NC(=O)C(C)Nc2cccc(OCc3ccccn3)c2)cc1. The predicted molar refractivity (Wildman–Crippen MR) is 114 cm³/mol. The molecule has 0 aliphatic rings. The molecule has 6 nitrogen and oxygen atoms in total. The van der Waals surface area contributed by atoms with Crippen molar-refractivity contribution >= 4 is 17.3 Å². The highest BCUT2D eigenvalue weighted by molar-refractivity contribution is 5.96. The van der Waals surface area contributed by atoms with Crippen LogP contribution in [-0.2, 0) is 11.4 Å². The molecule has 0 aliphatic carbocycles. The minimum absolute atomic E-state index is 0.131. The Morgan fingerprint density at radius 1 is 0.966 bits per heavy atom. The van der Waals surface area contributed by atoms with Gasteiger partial charge in [-0.15, -0.1) is 0 Å². The van der Waals surface area contributed by atoms with Gasteiger partial charge in [-0.1, -0.05) is 12.1 Å². The summed E-state index contributed by atoms with van der Waals surface area (Å²) in [7, 11) is 0. The Labute approximate surface area is 170 Å². The molecule has 1 amide bonds. The maximum atomic E-state index is 12.5. The van der Waals surface area contributed by atoms with E-state index in [2.05, 4.69) is 15.6 Å². The van der Waals surface area contributed by atoms with Crippen LogP contribution >= 0.6 is 0 Å². The molecule has 0 bridgehead atoms. The summed E-state index contributed by atoms with van der Waals surface area (Å²) in [5.41, 5.74) is 2.38. The molecule has 3 rings (SSSR count). The van der Waals surface area contributed by atoms with Crippen molar-refractivity contribution in [2.24, 2.45) is 0 Å². The van der Waals surface area contributed by atoms with Crippen molar-refractivity contribution < 1.29 is 14.3 Å². The van der Waals surface area contributed by atoms with Gasteiger partial charge < -0.3 is 20.1 Å². The van der Waals surface area contributed by atoms with Crippen LogP contribution in [0.2, 0.25) is 0 Å². The average molecular weight is 391 g/mol. The number of hydrogen-bond donors (Lipinski definition) is 2. The van der Waals surface area contributed by atoms with E-state index in [1.165, 1.54) is 0 Å². The Kier molecular flexibility index (Phi) is 7.05. The van der Waals surface area contributed by atoms with Crippen molar-refractivity contribution in [1.29, 1.82) is 0 Å². The number of rotatable bonds is 9. The highest BCUT2D eigenvalue weighted by atomic mass is 16.5. The van der Waals surface area contributed by atoms with Gasteiger partial charge in [0.2, 0.25) is 5.91 Å². The van der Waals surface area contributed by atoms with Crippen LogP contribution in [-0.4, -0.2) is 23.5 Å². The minimum Gasteiger partial charge on any atom is -0.494 e. The Morgan fingerprint density at radius 2 is 1.79 bits per heavy atom. The lowest BCUT2D eigenvalue weighted by atomic mass is 10.2. The average Bonchev–Trinajstić information content (AvgIpc) is 2.75. The molecular formula is C23H25N3O3. The quantitative estimate of drug-likeness (QED) is 0.562. The van der Waals surface area contributed by atoms with Crippen LogP contribution in [0.1, 0.15) is 19.5 Å². The van der Waals surface area contributed by atoms with E-state index < -0.39 is 6.04 Å². The molecule has 0 saturated carbocycles. The van der Waals surface area contributed by atoms with Gasteiger partial charge >= 0.3 is 0 Å². The van der Waals surface area contributed by atoms with E-state index >= 15 is 0 Å². The highest BCUT2D eigenvalue weighted by Crippen LogP contribution is 2.20. The van der Waals surface area contributed by atoms with Gasteiger partial charge in [0.15, 0.2) is 0 Å². The normalized spacial score (nSPS) is 11.4. The molecule has 2 N–H and O–H groups in total. The van der Waals surface area contributed by atoms with E-state index in [9.17, 15) is 4.79 Å². The molecule has 0 fully saturated rings. The summed E-state index contributed by atoms with van der Waals surface area (Å²) >= 11 is 0. The Balaban J connectivity index is 1.54. The number of amides is 1. The minimum atomic E-state index is -0.424. The standard InChI is InChI=1S/C23H25N3O3/c1-3-28-21-12-10-18(11-13-21)26-23(27)17(2)25-19-8-6-9-22(15-19)29-16-20-7-4-5-14-24-20/h4-15,17,25H,3,16H2,1-2H3,(H,26,27). The molecule has 29 heavy (non-hydrogen) atoms. The third-order valence-electron chi connectivity index (χ3n) is 4.16. The second-order valence-electron chi connectivity index (χ2n) is 6.45. The summed E-state index contributed by atoms with van der Waals surface area (Å²) in [5, 5.41) is 6.10. The van der Waals surface area contributed by atoms with Crippen molar-refractivity contribution in [3.05, 3.63) is 78.6 Å². The van der Waals surface area contributed by atoms with Crippen LogP contribution in [0, 0.1) is 0 Å². The summed E-state index contributed by atoms with van der Waals surface area (Å²) in [5.74, 6) is 1.35. The zero-order chi connectivity index (χ0) is 20.5. The smallest absolute Gasteiger partial charge is 0.246 e. The van der Waals surface area contributed by atoms with E-state index in [4.69, 9.17) is 9.47 Å². The molecule has 0 saturated heterocycles. The van der Waals surface area contributed by atoms with Gasteiger partial charge in [-0.3, -0.25) is 9.78 Å². The first-order valence-electron chi connectivity index (χ1n) is 9.57. The number of aromatic nitrogens is 1. The molecule has 3 aromatic rings. The van der Waals surface area contributed by atoms with Crippen LogP contribution in [0.25, 0.3) is 0 Å². The summed E-state index contributed by atoms with van der Waals surface area (Å²) in [4.78, 5) is 16.7. The maximum Gasteiger partial charge on any atom is 0.246 e. The molecule has 0 spiro atoms. The molecule has 2 aromatic carbocycles. The molecular weight excluding hydrogens is 366 g/mol. The monoisotopic (exact) mass is 391 g/mol. The first-order chi connectivity index (χ1) is 14.1. The first-order valence-corrected chi connectivity index (χ1v) is 9.57. The second kappa shape index (κ2) is 10.1. The molecule has 0 aliphatic heterocycles. The molecule has 6 heteroatoms. The van der Waals surface area contributed by atoms with Crippen LogP contribution in [0.5, 0.6) is 11.5 Å². The van der Waals surface area contributed by atoms with Crippen molar-refractivity contribution in [3.8, 4) is 11.5 Å². The van der Waals surface area contributed by atoms with E-state index in [1.807, 2.05) is 80.6 Å². The molecule has 1 aromatic heterocycles. The van der Waals surface area contributed by atoms with Gasteiger partial charge in [0.1, 0.15) is 24.1 Å². The summed E-state index contributed by atoms with van der Waals surface area (Å²) in [6, 6.07) is 20.1. The van der Waals surface area contributed by atoms with Gasteiger partial charge in [-0.2, -0.15) is 0 Å². The van der Waals surface area contributed by atoms with Crippen LogP contribution in [0.3, 0.4) is 0 Å². The fourth-order valence-corrected chi connectivity index (χ4v) is 2.68. The van der Waals surface area contributed by atoms with Gasteiger partial charge in [0.25, 0.3) is 0 Å². The summed E-state index contributed by atoms with van der Waals surface area (Å²) < 4.78 is 11.2. The summed E-state index contributed by atoms with van der Waals surface area (Å²) in [6.45, 7) is 4.74. The van der Waals surface area contributed by atoms with E-state index in [-0.39, 0.29) is 5.91 Å². The topological polar surface area (TPSA) is 72.5 Å².